The van der Waals surface area contributed by atoms with Crippen molar-refractivity contribution in [2.45, 2.75) is 38.1 Å². The molecule has 0 atom stereocenters. The van der Waals surface area contributed by atoms with E-state index in [1.807, 2.05) is 0 Å². The molecule has 34 heavy (non-hydrogen) atoms. The summed E-state index contributed by atoms with van der Waals surface area (Å²) in [6.45, 7) is 6.62. The van der Waals surface area contributed by atoms with Crippen LogP contribution in [0, 0.1) is 0 Å². The first-order valence-corrected chi connectivity index (χ1v) is 12.5. The molecule has 1 aromatic heterocycles. The van der Waals surface area contributed by atoms with Crippen LogP contribution in [-0.4, -0.2) is 38.1 Å². The number of ether oxygens (including phenoxy) is 1. The number of carbonyl (C=O) groups is 2. The van der Waals surface area contributed by atoms with Gasteiger partial charge in [0, 0.05) is 41.2 Å². The molecule has 0 saturated heterocycles. The van der Waals surface area contributed by atoms with Crippen LogP contribution in [0.15, 0.2) is 53.6 Å². The Kier molecular flexibility index (Phi) is 7.39. The van der Waals surface area contributed by atoms with E-state index in [9.17, 15) is 18.0 Å². The lowest BCUT2D eigenvalue weighted by atomic mass is 10.1. The fourth-order valence-electron chi connectivity index (χ4n) is 3.08. The standard InChI is InChI=1S/C23H26N4O5S2/c1-14(28)25-17-10-11-18(20(12-17)34(30,31)27-23(2,3)4)19-13-24-21(33-19)15-6-8-16(9-7-15)26-22(29)32-5/h6-13,27H,1-5H3,(H,25,28)(H,26,29). The van der Waals surface area contributed by atoms with Crippen LogP contribution < -0.4 is 15.4 Å². The van der Waals surface area contributed by atoms with Crippen molar-refractivity contribution in [1.82, 2.24) is 9.71 Å². The maximum atomic E-state index is 13.2. The second kappa shape index (κ2) is 9.92. The third-order valence-corrected chi connectivity index (χ3v) is 7.24. The highest BCUT2D eigenvalue weighted by atomic mass is 32.2. The lowest BCUT2D eigenvalue weighted by Gasteiger charge is -2.22. The van der Waals surface area contributed by atoms with Crippen molar-refractivity contribution in [3.8, 4) is 21.0 Å². The van der Waals surface area contributed by atoms with Crippen molar-refractivity contribution in [3.63, 3.8) is 0 Å². The number of hydrogen-bond acceptors (Lipinski definition) is 7. The Hall–Kier alpha value is -3.28. The number of amides is 2. The van der Waals surface area contributed by atoms with Crippen LogP contribution in [-0.2, 0) is 19.6 Å². The number of rotatable bonds is 6. The number of hydrogen-bond donors (Lipinski definition) is 3. The molecule has 0 fully saturated rings. The van der Waals surface area contributed by atoms with Crippen molar-refractivity contribution in [2.24, 2.45) is 0 Å². The number of aromatic nitrogens is 1. The Morgan fingerprint density at radius 1 is 1.00 bits per heavy atom. The fourth-order valence-corrected chi connectivity index (χ4v) is 5.78. The summed E-state index contributed by atoms with van der Waals surface area (Å²) >= 11 is 1.33. The number of nitrogens with one attached hydrogen (secondary N) is 3. The molecule has 0 aliphatic rings. The van der Waals surface area contributed by atoms with Crippen molar-refractivity contribution < 1.29 is 22.7 Å². The molecule has 1 heterocycles. The van der Waals surface area contributed by atoms with Gasteiger partial charge >= 0.3 is 6.09 Å². The number of thiazole rings is 1. The average Bonchev–Trinajstić information content (AvgIpc) is 3.22. The van der Waals surface area contributed by atoms with E-state index in [4.69, 9.17) is 0 Å². The predicted octanol–water partition coefficient (Wildman–Crippen LogP) is 4.69. The molecule has 0 spiro atoms. The number of sulfonamides is 1. The Bertz CT molecular complexity index is 1310. The molecule has 3 rings (SSSR count). The minimum atomic E-state index is -3.90. The molecule has 2 amide bonds. The lowest BCUT2D eigenvalue weighted by Crippen LogP contribution is -2.40. The molecule has 11 heteroatoms. The van der Waals surface area contributed by atoms with Crippen molar-refractivity contribution >= 4 is 44.7 Å². The zero-order valence-electron chi connectivity index (χ0n) is 19.4. The molecule has 180 valence electrons. The summed E-state index contributed by atoms with van der Waals surface area (Å²) in [6, 6.07) is 11.8. The Balaban J connectivity index is 2.00. The normalized spacial score (nSPS) is 11.7. The maximum absolute atomic E-state index is 13.2. The third kappa shape index (κ3) is 6.40. The summed E-state index contributed by atoms with van der Waals surface area (Å²) in [5, 5.41) is 5.89. The second-order valence-electron chi connectivity index (χ2n) is 8.47. The minimum absolute atomic E-state index is 0.0431. The highest BCUT2D eigenvalue weighted by molar-refractivity contribution is 7.89. The highest BCUT2D eigenvalue weighted by Gasteiger charge is 2.26. The van der Waals surface area contributed by atoms with Gasteiger partial charge in [0.05, 0.1) is 16.9 Å². The van der Waals surface area contributed by atoms with Crippen molar-refractivity contribution in [2.75, 3.05) is 17.7 Å². The zero-order valence-corrected chi connectivity index (χ0v) is 21.1. The molecule has 3 N–H and O–H groups in total. The van der Waals surface area contributed by atoms with Crippen LogP contribution in [0.5, 0.6) is 0 Å². The van der Waals surface area contributed by atoms with Crippen LogP contribution >= 0.6 is 11.3 Å². The van der Waals surface area contributed by atoms with Gasteiger partial charge in [-0.2, -0.15) is 0 Å². The molecule has 0 saturated carbocycles. The first kappa shape index (κ1) is 25.3. The summed E-state index contributed by atoms with van der Waals surface area (Å²) in [6.07, 6.45) is 1.05. The van der Waals surface area contributed by atoms with E-state index in [-0.39, 0.29) is 10.8 Å². The quantitative estimate of drug-likeness (QED) is 0.449. The van der Waals surface area contributed by atoms with E-state index >= 15 is 0 Å². The summed E-state index contributed by atoms with van der Waals surface area (Å²) in [7, 11) is -2.62. The summed E-state index contributed by atoms with van der Waals surface area (Å²) < 4.78 is 33.7. The largest absolute Gasteiger partial charge is 0.453 e. The number of methoxy groups -OCH3 is 1. The monoisotopic (exact) mass is 502 g/mol. The molecule has 2 aromatic carbocycles. The molecular formula is C23H26N4O5S2. The van der Waals surface area contributed by atoms with Gasteiger partial charge in [-0.15, -0.1) is 11.3 Å². The second-order valence-corrected chi connectivity index (χ2v) is 11.2. The van der Waals surface area contributed by atoms with Crippen LogP contribution in [0.4, 0.5) is 16.2 Å². The van der Waals surface area contributed by atoms with Gasteiger partial charge in [-0.25, -0.2) is 22.9 Å². The fraction of sp³-hybridized carbons (Fsp3) is 0.261. The topological polar surface area (TPSA) is 126 Å². The Morgan fingerprint density at radius 3 is 2.24 bits per heavy atom. The van der Waals surface area contributed by atoms with Gasteiger partial charge in [-0.3, -0.25) is 10.1 Å². The molecule has 0 radical (unpaired) electrons. The zero-order chi connectivity index (χ0) is 25.1. The molecule has 9 nitrogen and oxygen atoms in total. The van der Waals surface area contributed by atoms with Crippen LogP contribution in [0.3, 0.4) is 0 Å². The van der Waals surface area contributed by atoms with Gasteiger partial charge in [0.25, 0.3) is 0 Å². The van der Waals surface area contributed by atoms with E-state index in [2.05, 4.69) is 25.1 Å². The molecule has 0 aliphatic heterocycles. The van der Waals surface area contributed by atoms with Gasteiger partial charge in [-0.1, -0.05) is 6.07 Å². The minimum Gasteiger partial charge on any atom is -0.453 e. The summed E-state index contributed by atoms with van der Waals surface area (Å²) in [5.41, 5.74) is 1.53. The number of benzene rings is 2. The van der Waals surface area contributed by atoms with Gasteiger partial charge in [0.2, 0.25) is 15.9 Å². The SMILES string of the molecule is COC(=O)Nc1ccc(-c2ncc(-c3ccc(NC(C)=O)cc3S(=O)(=O)NC(C)(C)C)s2)cc1. The van der Waals surface area contributed by atoms with Crippen LogP contribution in [0.1, 0.15) is 27.7 Å². The first-order chi connectivity index (χ1) is 15.9. The van der Waals surface area contributed by atoms with E-state index < -0.39 is 21.7 Å². The molecule has 3 aromatic rings. The van der Waals surface area contributed by atoms with Crippen molar-refractivity contribution in [1.29, 1.82) is 0 Å². The lowest BCUT2D eigenvalue weighted by molar-refractivity contribution is -0.114. The van der Waals surface area contributed by atoms with Gasteiger partial charge < -0.3 is 10.1 Å². The van der Waals surface area contributed by atoms with Gasteiger partial charge in [0.1, 0.15) is 5.01 Å². The van der Waals surface area contributed by atoms with E-state index in [1.165, 1.54) is 31.4 Å². The Morgan fingerprint density at radius 2 is 1.65 bits per heavy atom. The smallest absolute Gasteiger partial charge is 0.411 e. The van der Waals surface area contributed by atoms with Crippen LogP contribution in [0.2, 0.25) is 0 Å². The van der Waals surface area contributed by atoms with E-state index in [0.29, 0.717) is 26.8 Å². The maximum Gasteiger partial charge on any atom is 0.411 e. The summed E-state index contributed by atoms with van der Waals surface area (Å²) in [5.74, 6) is -0.301. The van der Waals surface area contributed by atoms with Crippen molar-refractivity contribution in [3.05, 3.63) is 48.7 Å². The summed E-state index contributed by atoms with van der Waals surface area (Å²) in [4.78, 5) is 28.0. The number of nitrogens with zero attached hydrogens (tertiary/aromatic N) is 1. The number of anilines is 2. The van der Waals surface area contributed by atoms with E-state index in [1.54, 1.807) is 63.4 Å². The molecule has 0 aliphatic carbocycles. The van der Waals surface area contributed by atoms with Gasteiger partial charge in [-0.05, 0) is 57.2 Å². The molecular weight excluding hydrogens is 476 g/mol. The van der Waals surface area contributed by atoms with Crippen LogP contribution in [0.25, 0.3) is 21.0 Å². The predicted molar refractivity (Wildman–Crippen MR) is 133 cm³/mol. The highest BCUT2D eigenvalue weighted by Crippen LogP contribution is 2.37. The van der Waals surface area contributed by atoms with Gasteiger partial charge in [0.15, 0.2) is 0 Å². The average molecular weight is 503 g/mol. The molecule has 0 unspecified atom stereocenters. The van der Waals surface area contributed by atoms with E-state index in [0.717, 1.165) is 5.56 Å². The Labute approximate surface area is 202 Å². The third-order valence-electron chi connectivity index (χ3n) is 4.37. The molecule has 0 bridgehead atoms. The first-order valence-electron chi connectivity index (χ1n) is 10.3. The number of carbonyl (C=O) groups excluding carboxylic acids is 2.